The van der Waals surface area contributed by atoms with Crippen LogP contribution in [0.2, 0.25) is 0 Å². The van der Waals surface area contributed by atoms with Gasteiger partial charge >= 0.3 is 0 Å². The molecule has 1 aliphatic heterocycles. The Kier molecular flexibility index (Phi) is 4.53. The lowest BCUT2D eigenvalue weighted by Crippen LogP contribution is -2.28. The van der Waals surface area contributed by atoms with Crippen LogP contribution in [0.1, 0.15) is 38.7 Å². The molecule has 0 radical (unpaired) electrons. The number of nitrogens with zero attached hydrogens (tertiary/aromatic N) is 2. The first kappa shape index (κ1) is 13.3. The summed E-state index contributed by atoms with van der Waals surface area (Å²) >= 11 is 0. The minimum atomic E-state index is -0.158. The van der Waals surface area contributed by atoms with Crippen LogP contribution in [0.4, 0.5) is 10.2 Å². The van der Waals surface area contributed by atoms with Crippen LogP contribution in [-0.2, 0) is 6.54 Å². The first-order valence-electron chi connectivity index (χ1n) is 6.84. The van der Waals surface area contributed by atoms with Crippen molar-refractivity contribution in [2.75, 3.05) is 18.0 Å². The summed E-state index contributed by atoms with van der Waals surface area (Å²) in [5.74, 6) is 0.366. The van der Waals surface area contributed by atoms with E-state index < -0.39 is 0 Å². The summed E-state index contributed by atoms with van der Waals surface area (Å²) in [6.45, 7) is 6.65. The SMILES string of the molecule is CCCNCc1ccnc(N2CCCC2C)c1F. The lowest BCUT2D eigenvalue weighted by atomic mass is 10.2. The van der Waals surface area contributed by atoms with E-state index in [9.17, 15) is 4.39 Å². The topological polar surface area (TPSA) is 28.2 Å². The lowest BCUT2D eigenvalue weighted by molar-refractivity contribution is 0.571. The number of hydrogen-bond donors (Lipinski definition) is 1. The quantitative estimate of drug-likeness (QED) is 0.816. The molecule has 18 heavy (non-hydrogen) atoms. The number of halogens is 1. The van der Waals surface area contributed by atoms with Crippen molar-refractivity contribution in [3.05, 3.63) is 23.6 Å². The van der Waals surface area contributed by atoms with Crippen LogP contribution in [0.3, 0.4) is 0 Å². The third kappa shape index (κ3) is 2.80. The molecule has 0 aromatic carbocycles. The molecule has 1 N–H and O–H groups in total. The van der Waals surface area contributed by atoms with E-state index in [2.05, 4.69) is 29.0 Å². The average molecular weight is 251 g/mol. The van der Waals surface area contributed by atoms with Crippen molar-refractivity contribution in [2.45, 2.75) is 45.7 Å². The van der Waals surface area contributed by atoms with Gasteiger partial charge in [0, 0.05) is 30.9 Å². The van der Waals surface area contributed by atoms with E-state index in [1.807, 2.05) is 0 Å². The monoisotopic (exact) mass is 251 g/mol. The zero-order chi connectivity index (χ0) is 13.0. The Labute approximate surface area is 108 Å². The molecule has 1 aromatic rings. The highest BCUT2D eigenvalue weighted by molar-refractivity contribution is 5.45. The van der Waals surface area contributed by atoms with E-state index >= 15 is 0 Å². The number of aromatic nitrogens is 1. The molecule has 1 aromatic heterocycles. The van der Waals surface area contributed by atoms with E-state index in [4.69, 9.17) is 0 Å². The molecule has 1 unspecified atom stereocenters. The Morgan fingerprint density at radius 2 is 2.39 bits per heavy atom. The third-order valence-corrected chi connectivity index (χ3v) is 3.52. The standard InChI is InChI=1S/C14H22FN3/c1-3-7-16-10-12-6-8-17-14(13(12)15)18-9-4-5-11(18)2/h6,8,11,16H,3-5,7,9-10H2,1-2H3. The van der Waals surface area contributed by atoms with Gasteiger partial charge in [-0.2, -0.15) is 0 Å². The van der Waals surface area contributed by atoms with Gasteiger partial charge in [0.05, 0.1) is 0 Å². The van der Waals surface area contributed by atoms with Crippen LogP contribution in [0, 0.1) is 5.82 Å². The molecule has 1 atom stereocenters. The van der Waals surface area contributed by atoms with Crippen LogP contribution in [0.5, 0.6) is 0 Å². The molecule has 4 heteroatoms. The van der Waals surface area contributed by atoms with Crippen molar-refractivity contribution in [2.24, 2.45) is 0 Å². The molecule has 2 heterocycles. The van der Waals surface area contributed by atoms with Gasteiger partial charge < -0.3 is 10.2 Å². The number of pyridine rings is 1. The summed E-state index contributed by atoms with van der Waals surface area (Å²) in [5.41, 5.74) is 0.715. The fraction of sp³-hybridized carbons (Fsp3) is 0.643. The van der Waals surface area contributed by atoms with E-state index in [0.29, 0.717) is 24.0 Å². The molecule has 0 saturated carbocycles. The summed E-state index contributed by atoms with van der Waals surface area (Å²) in [4.78, 5) is 6.30. The van der Waals surface area contributed by atoms with Crippen molar-refractivity contribution < 1.29 is 4.39 Å². The minimum absolute atomic E-state index is 0.158. The summed E-state index contributed by atoms with van der Waals surface area (Å²) in [5, 5.41) is 3.23. The molecule has 3 nitrogen and oxygen atoms in total. The van der Waals surface area contributed by atoms with Gasteiger partial charge in [0.15, 0.2) is 11.6 Å². The molecule has 0 spiro atoms. The van der Waals surface area contributed by atoms with Crippen LogP contribution in [0.25, 0.3) is 0 Å². The Morgan fingerprint density at radius 3 is 3.06 bits per heavy atom. The second-order valence-corrected chi connectivity index (χ2v) is 4.97. The van der Waals surface area contributed by atoms with Crippen molar-refractivity contribution in [1.29, 1.82) is 0 Å². The summed E-state index contributed by atoms with van der Waals surface area (Å²) in [7, 11) is 0. The maximum atomic E-state index is 14.4. The molecule has 2 rings (SSSR count). The first-order valence-corrected chi connectivity index (χ1v) is 6.84. The molecule has 1 saturated heterocycles. The lowest BCUT2D eigenvalue weighted by Gasteiger charge is -2.23. The largest absolute Gasteiger partial charge is 0.351 e. The van der Waals surface area contributed by atoms with Gasteiger partial charge in [0.1, 0.15) is 0 Å². The maximum absolute atomic E-state index is 14.4. The molecule has 0 amide bonds. The Bertz CT molecular complexity index is 395. The van der Waals surface area contributed by atoms with Crippen LogP contribution >= 0.6 is 0 Å². The van der Waals surface area contributed by atoms with Gasteiger partial charge in [-0.05, 0) is 38.8 Å². The van der Waals surface area contributed by atoms with Gasteiger partial charge in [-0.3, -0.25) is 0 Å². The van der Waals surface area contributed by atoms with Crippen molar-refractivity contribution in [3.63, 3.8) is 0 Å². The number of rotatable bonds is 5. The van der Waals surface area contributed by atoms with Gasteiger partial charge in [-0.15, -0.1) is 0 Å². The number of anilines is 1. The summed E-state index contributed by atoms with van der Waals surface area (Å²) < 4.78 is 14.4. The van der Waals surface area contributed by atoms with Gasteiger partial charge in [-0.25, -0.2) is 9.37 Å². The zero-order valence-electron chi connectivity index (χ0n) is 11.2. The smallest absolute Gasteiger partial charge is 0.170 e. The van der Waals surface area contributed by atoms with E-state index in [1.54, 1.807) is 12.3 Å². The van der Waals surface area contributed by atoms with Gasteiger partial charge in [0.2, 0.25) is 0 Å². The van der Waals surface area contributed by atoms with Crippen LogP contribution in [0.15, 0.2) is 12.3 Å². The highest BCUT2D eigenvalue weighted by Gasteiger charge is 2.25. The molecular weight excluding hydrogens is 229 g/mol. The second kappa shape index (κ2) is 6.14. The molecule has 1 fully saturated rings. The van der Waals surface area contributed by atoms with Gasteiger partial charge in [0.25, 0.3) is 0 Å². The molecule has 100 valence electrons. The van der Waals surface area contributed by atoms with E-state index in [-0.39, 0.29) is 5.82 Å². The van der Waals surface area contributed by atoms with E-state index in [1.165, 1.54) is 0 Å². The average Bonchev–Trinajstić information content (AvgIpc) is 2.78. The van der Waals surface area contributed by atoms with E-state index in [0.717, 1.165) is 32.4 Å². The predicted octanol–water partition coefficient (Wildman–Crippen LogP) is 2.71. The number of nitrogens with one attached hydrogen (secondary N) is 1. The fourth-order valence-corrected chi connectivity index (χ4v) is 2.46. The van der Waals surface area contributed by atoms with Crippen LogP contribution < -0.4 is 10.2 Å². The summed E-state index contributed by atoms with van der Waals surface area (Å²) in [6.07, 6.45) is 5.02. The predicted molar refractivity (Wildman–Crippen MR) is 72.2 cm³/mol. The fourth-order valence-electron chi connectivity index (χ4n) is 2.46. The van der Waals surface area contributed by atoms with Crippen molar-refractivity contribution in [3.8, 4) is 0 Å². The van der Waals surface area contributed by atoms with Gasteiger partial charge in [-0.1, -0.05) is 6.92 Å². The molecule has 0 aliphatic carbocycles. The normalized spacial score (nSPS) is 19.5. The molecule has 1 aliphatic rings. The van der Waals surface area contributed by atoms with Crippen molar-refractivity contribution >= 4 is 5.82 Å². The first-order chi connectivity index (χ1) is 8.74. The molecule has 0 bridgehead atoms. The second-order valence-electron chi connectivity index (χ2n) is 4.97. The Morgan fingerprint density at radius 1 is 1.56 bits per heavy atom. The minimum Gasteiger partial charge on any atom is -0.351 e. The zero-order valence-corrected chi connectivity index (χ0v) is 11.2. The summed E-state index contributed by atoms with van der Waals surface area (Å²) in [6, 6.07) is 2.16. The number of hydrogen-bond acceptors (Lipinski definition) is 3. The van der Waals surface area contributed by atoms with Crippen LogP contribution in [-0.4, -0.2) is 24.1 Å². The van der Waals surface area contributed by atoms with Crippen molar-refractivity contribution in [1.82, 2.24) is 10.3 Å². The highest BCUT2D eigenvalue weighted by atomic mass is 19.1. The Balaban J connectivity index is 2.13. The molecular formula is C14H22FN3. The third-order valence-electron chi connectivity index (χ3n) is 3.52. The Hall–Kier alpha value is -1.16. The highest BCUT2D eigenvalue weighted by Crippen LogP contribution is 2.27. The maximum Gasteiger partial charge on any atom is 0.170 e.